The summed E-state index contributed by atoms with van der Waals surface area (Å²) in [5.41, 5.74) is -0.545. The SMILES string of the molecule is CN(C)C=Nc1ccn([C@@H]2O[C@H](COC3CCCCO3)[C@@H](O)[C@H]2OC2CCCCO2)c(=O)n1. The van der Waals surface area contributed by atoms with Gasteiger partial charge in [0.15, 0.2) is 24.6 Å². The number of rotatable bonds is 8. The molecule has 2 unspecified atom stereocenters. The molecule has 1 aromatic heterocycles. The summed E-state index contributed by atoms with van der Waals surface area (Å²) in [6, 6.07) is 1.62. The van der Waals surface area contributed by atoms with Crippen LogP contribution in [0.1, 0.15) is 44.8 Å². The lowest BCUT2D eigenvalue weighted by molar-refractivity contribution is -0.215. The molecule has 11 heteroatoms. The van der Waals surface area contributed by atoms with Crippen molar-refractivity contribution in [3.63, 3.8) is 0 Å². The Morgan fingerprint density at radius 2 is 1.94 bits per heavy atom. The Balaban J connectivity index is 1.50. The Bertz CT molecular complexity index is 836. The van der Waals surface area contributed by atoms with E-state index in [0.29, 0.717) is 13.2 Å². The summed E-state index contributed by atoms with van der Waals surface area (Å²) in [4.78, 5) is 22.7. The lowest BCUT2D eigenvalue weighted by atomic mass is 10.1. The zero-order valence-electron chi connectivity index (χ0n) is 19.2. The minimum absolute atomic E-state index is 0.126. The van der Waals surface area contributed by atoms with Crippen molar-refractivity contribution in [3.05, 3.63) is 22.7 Å². The highest BCUT2D eigenvalue weighted by atomic mass is 16.7. The maximum atomic E-state index is 12.8. The first-order chi connectivity index (χ1) is 16.0. The Hall–Kier alpha value is -1.89. The highest BCUT2D eigenvalue weighted by Gasteiger charge is 2.47. The summed E-state index contributed by atoms with van der Waals surface area (Å²) in [6.07, 6.45) is 4.49. The standard InChI is InChI=1S/C22H34N4O7/c1-25(2)14-23-16-9-10-26(22(28)24-16)21-20(33-18-8-4-6-12-30-18)19(27)15(32-21)13-31-17-7-3-5-11-29-17/h9-10,14-15,17-21,27H,3-8,11-13H2,1-2H3/t15-,17?,18?,19-,20-,21-/m1/s1. The Kier molecular flexibility index (Phi) is 8.45. The van der Waals surface area contributed by atoms with Gasteiger partial charge in [0.05, 0.1) is 12.9 Å². The molecule has 33 heavy (non-hydrogen) atoms. The van der Waals surface area contributed by atoms with Gasteiger partial charge in [0.1, 0.15) is 18.3 Å². The van der Waals surface area contributed by atoms with Crippen molar-refractivity contribution in [3.8, 4) is 0 Å². The number of nitrogens with zero attached hydrogens (tertiary/aromatic N) is 4. The number of aromatic nitrogens is 2. The largest absolute Gasteiger partial charge is 0.387 e. The molecule has 184 valence electrons. The van der Waals surface area contributed by atoms with Gasteiger partial charge < -0.3 is 33.7 Å². The fourth-order valence-electron chi connectivity index (χ4n) is 4.11. The van der Waals surface area contributed by atoms with E-state index >= 15 is 0 Å². The Morgan fingerprint density at radius 1 is 1.21 bits per heavy atom. The van der Waals surface area contributed by atoms with Crippen LogP contribution in [0.5, 0.6) is 0 Å². The van der Waals surface area contributed by atoms with Crippen LogP contribution >= 0.6 is 0 Å². The molecule has 3 aliphatic rings. The first kappa shape index (κ1) is 24.2. The number of hydrogen-bond acceptors (Lipinski definition) is 9. The fourth-order valence-corrected chi connectivity index (χ4v) is 4.11. The van der Waals surface area contributed by atoms with Crippen LogP contribution < -0.4 is 5.69 Å². The van der Waals surface area contributed by atoms with Gasteiger partial charge in [-0.05, 0) is 44.6 Å². The first-order valence-corrected chi connectivity index (χ1v) is 11.6. The zero-order chi connectivity index (χ0) is 23.2. The molecule has 6 atom stereocenters. The lowest BCUT2D eigenvalue weighted by Crippen LogP contribution is -2.41. The third-order valence-electron chi connectivity index (χ3n) is 5.85. The molecule has 3 fully saturated rings. The average molecular weight is 467 g/mol. The molecule has 0 spiro atoms. The predicted molar refractivity (Wildman–Crippen MR) is 118 cm³/mol. The van der Waals surface area contributed by atoms with Gasteiger partial charge in [-0.1, -0.05) is 0 Å². The third-order valence-corrected chi connectivity index (χ3v) is 5.85. The molecule has 0 amide bonds. The van der Waals surface area contributed by atoms with Crippen LogP contribution in [0.2, 0.25) is 0 Å². The van der Waals surface area contributed by atoms with Crippen molar-refractivity contribution in [2.45, 2.75) is 75.6 Å². The molecular weight excluding hydrogens is 432 g/mol. The van der Waals surface area contributed by atoms with E-state index in [-0.39, 0.29) is 18.7 Å². The quantitative estimate of drug-likeness (QED) is 0.445. The molecule has 1 aromatic rings. The van der Waals surface area contributed by atoms with Crippen molar-refractivity contribution in [2.75, 3.05) is 33.9 Å². The molecule has 3 saturated heterocycles. The van der Waals surface area contributed by atoms with Gasteiger partial charge in [0.25, 0.3) is 0 Å². The summed E-state index contributed by atoms with van der Waals surface area (Å²) >= 11 is 0. The van der Waals surface area contributed by atoms with E-state index < -0.39 is 36.5 Å². The molecule has 0 aromatic carbocycles. The average Bonchev–Trinajstić information content (AvgIpc) is 3.12. The van der Waals surface area contributed by atoms with Crippen LogP contribution in [0.4, 0.5) is 5.82 Å². The molecule has 11 nitrogen and oxygen atoms in total. The van der Waals surface area contributed by atoms with E-state index in [4.69, 9.17) is 23.7 Å². The van der Waals surface area contributed by atoms with Gasteiger partial charge in [-0.15, -0.1) is 0 Å². The second kappa shape index (κ2) is 11.5. The van der Waals surface area contributed by atoms with E-state index in [1.54, 1.807) is 23.5 Å². The Labute approximate surface area is 193 Å². The second-order valence-electron chi connectivity index (χ2n) is 8.77. The molecule has 0 aliphatic carbocycles. The molecule has 4 heterocycles. The second-order valence-corrected chi connectivity index (χ2v) is 8.77. The summed E-state index contributed by atoms with van der Waals surface area (Å²) < 4.78 is 30.7. The predicted octanol–water partition coefficient (Wildman–Crippen LogP) is 1.18. The smallest absolute Gasteiger partial charge is 0.351 e. The topological polar surface area (TPSA) is 117 Å². The third kappa shape index (κ3) is 6.37. The van der Waals surface area contributed by atoms with Gasteiger partial charge >= 0.3 is 5.69 Å². The van der Waals surface area contributed by atoms with Crippen LogP contribution in [-0.2, 0) is 23.7 Å². The van der Waals surface area contributed by atoms with Crippen LogP contribution in [-0.4, -0.2) is 90.7 Å². The van der Waals surface area contributed by atoms with Gasteiger partial charge in [-0.25, -0.2) is 9.79 Å². The summed E-state index contributed by atoms with van der Waals surface area (Å²) in [7, 11) is 3.66. The number of hydrogen-bond donors (Lipinski definition) is 1. The van der Waals surface area contributed by atoms with Crippen molar-refractivity contribution in [1.29, 1.82) is 0 Å². The molecule has 0 bridgehead atoms. The number of aliphatic hydroxyl groups excluding tert-OH is 1. The molecule has 1 N–H and O–H groups in total. The van der Waals surface area contributed by atoms with Crippen LogP contribution in [0.25, 0.3) is 0 Å². The lowest BCUT2D eigenvalue weighted by Gasteiger charge is -2.29. The van der Waals surface area contributed by atoms with Crippen LogP contribution in [0, 0.1) is 0 Å². The van der Waals surface area contributed by atoms with Crippen molar-refractivity contribution < 1.29 is 28.8 Å². The minimum Gasteiger partial charge on any atom is -0.387 e. The summed E-state index contributed by atoms with van der Waals surface area (Å²) in [6.45, 7) is 1.39. The van der Waals surface area contributed by atoms with Crippen molar-refractivity contribution in [2.24, 2.45) is 4.99 Å². The maximum Gasteiger partial charge on any atom is 0.351 e. The highest BCUT2D eigenvalue weighted by molar-refractivity contribution is 5.58. The summed E-state index contributed by atoms with van der Waals surface area (Å²) in [5, 5.41) is 11.0. The maximum absolute atomic E-state index is 12.8. The fraction of sp³-hybridized carbons (Fsp3) is 0.773. The summed E-state index contributed by atoms with van der Waals surface area (Å²) in [5.74, 6) is 0.283. The molecule has 3 aliphatic heterocycles. The molecule has 0 saturated carbocycles. The van der Waals surface area contributed by atoms with E-state index in [2.05, 4.69) is 9.98 Å². The molecular formula is C22H34N4O7. The van der Waals surface area contributed by atoms with E-state index in [1.165, 1.54) is 4.57 Å². The van der Waals surface area contributed by atoms with Crippen LogP contribution in [0.15, 0.2) is 22.1 Å². The minimum atomic E-state index is -1.01. The number of aliphatic hydroxyl groups is 1. The van der Waals surface area contributed by atoms with Crippen LogP contribution in [0.3, 0.4) is 0 Å². The first-order valence-electron chi connectivity index (χ1n) is 11.6. The zero-order valence-corrected chi connectivity index (χ0v) is 19.2. The highest BCUT2D eigenvalue weighted by Crippen LogP contribution is 2.34. The molecule has 4 rings (SSSR count). The van der Waals surface area contributed by atoms with Gasteiger partial charge in [0, 0.05) is 33.5 Å². The van der Waals surface area contributed by atoms with E-state index in [0.717, 1.165) is 38.5 Å². The van der Waals surface area contributed by atoms with Gasteiger partial charge in [-0.3, -0.25) is 4.57 Å². The normalized spacial score (nSPS) is 32.9. The van der Waals surface area contributed by atoms with E-state index in [9.17, 15) is 9.90 Å². The Morgan fingerprint density at radius 3 is 2.58 bits per heavy atom. The van der Waals surface area contributed by atoms with E-state index in [1.807, 2.05) is 14.1 Å². The van der Waals surface area contributed by atoms with Crippen molar-refractivity contribution in [1.82, 2.24) is 14.5 Å². The number of aliphatic imine (C=N–C) groups is 1. The van der Waals surface area contributed by atoms with Gasteiger partial charge in [-0.2, -0.15) is 4.98 Å². The monoisotopic (exact) mass is 466 g/mol. The van der Waals surface area contributed by atoms with Crippen molar-refractivity contribution >= 4 is 12.2 Å². The molecule has 0 radical (unpaired) electrons. The van der Waals surface area contributed by atoms with Gasteiger partial charge in [0.2, 0.25) is 0 Å². The number of ether oxygens (including phenoxy) is 5.